The van der Waals surface area contributed by atoms with Gasteiger partial charge in [-0.3, -0.25) is 0 Å². The highest BCUT2D eigenvalue weighted by molar-refractivity contribution is 14.1. The van der Waals surface area contributed by atoms with E-state index in [4.69, 9.17) is 0 Å². The van der Waals surface area contributed by atoms with Crippen LogP contribution in [-0.4, -0.2) is 18.1 Å². The molecule has 0 amide bonds. The van der Waals surface area contributed by atoms with Crippen molar-refractivity contribution in [3.8, 4) is 0 Å². The van der Waals surface area contributed by atoms with Gasteiger partial charge >= 0.3 is 12.1 Å². The third-order valence-corrected chi connectivity index (χ3v) is 2.46. The van der Waals surface area contributed by atoms with E-state index in [0.29, 0.717) is 0 Å². The molecule has 82 valence electrons. The summed E-state index contributed by atoms with van der Waals surface area (Å²) in [6.45, 7) is 0. The highest BCUT2D eigenvalue weighted by Crippen LogP contribution is 2.34. The lowest BCUT2D eigenvalue weighted by Gasteiger charge is -2.11. The quantitative estimate of drug-likeness (QED) is 0.586. The number of aromatic nitrogens is 1. The summed E-state index contributed by atoms with van der Waals surface area (Å²) in [7, 11) is 1.00. The van der Waals surface area contributed by atoms with Crippen LogP contribution in [0.5, 0.6) is 0 Å². The fourth-order valence-corrected chi connectivity index (χ4v) is 1.68. The van der Waals surface area contributed by atoms with Crippen LogP contribution in [0.15, 0.2) is 12.3 Å². The minimum Gasteiger partial charge on any atom is -0.464 e. The number of nitrogens with zero attached hydrogens (tertiary/aromatic N) is 1. The van der Waals surface area contributed by atoms with Crippen molar-refractivity contribution in [1.82, 2.24) is 4.98 Å². The number of alkyl halides is 3. The van der Waals surface area contributed by atoms with Gasteiger partial charge in [0.1, 0.15) is 5.56 Å². The molecule has 1 rings (SSSR count). The van der Waals surface area contributed by atoms with Gasteiger partial charge in [0, 0.05) is 9.77 Å². The highest BCUT2D eigenvalue weighted by atomic mass is 127. The molecule has 0 unspecified atom stereocenters. The fourth-order valence-electron chi connectivity index (χ4n) is 0.959. The van der Waals surface area contributed by atoms with Gasteiger partial charge in [0.2, 0.25) is 0 Å². The zero-order valence-corrected chi connectivity index (χ0v) is 9.59. The van der Waals surface area contributed by atoms with Crippen molar-refractivity contribution < 1.29 is 22.7 Å². The van der Waals surface area contributed by atoms with Gasteiger partial charge in [-0.1, -0.05) is 0 Å². The number of carbonyl (C=O) groups excluding carboxylic acids is 1. The topological polar surface area (TPSA) is 39.2 Å². The Bertz CT molecular complexity index is 392. The van der Waals surface area contributed by atoms with E-state index in [2.05, 4.69) is 9.72 Å². The minimum absolute atomic E-state index is 0.0875. The number of rotatable bonds is 1. The van der Waals surface area contributed by atoms with Crippen LogP contribution in [0.2, 0.25) is 0 Å². The maximum atomic E-state index is 12.6. The van der Waals surface area contributed by atoms with Crippen molar-refractivity contribution in [1.29, 1.82) is 0 Å². The zero-order chi connectivity index (χ0) is 11.6. The summed E-state index contributed by atoms with van der Waals surface area (Å²) in [4.78, 5) is 14.4. The zero-order valence-electron chi connectivity index (χ0n) is 7.43. The van der Waals surface area contributed by atoms with Crippen LogP contribution in [0.1, 0.15) is 16.1 Å². The molecule has 0 radical (unpaired) electrons. The summed E-state index contributed by atoms with van der Waals surface area (Å²) in [5.41, 5.74) is -1.77. The maximum Gasteiger partial charge on any atom is 0.419 e. The van der Waals surface area contributed by atoms with E-state index in [-0.39, 0.29) is 3.57 Å². The molecule has 1 aromatic rings. The van der Waals surface area contributed by atoms with Crippen molar-refractivity contribution in [3.05, 3.63) is 27.1 Å². The largest absolute Gasteiger partial charge is 0.464 e. The predicted molar refractivity (Wildman–Crippen MR) is 53.3 cm³/mol. The average Bonchev–Trinajstić information content (AvgIpc) is 2.14. The average molecular weight is 331 g/mol. The lowest BCUT2D eigenvalue weighted by molar-refractivity contribution is -0.139. The van der Waals surface area contributed by atoms with Crippen LogP contribution in [0.3, 0.4) is 0 Å². The summed E-state index contributed by atoms with van der Waals surface area (Å²) in [5, 5.41) is 0. The van der Waals surface area contributed by atoms with Crippen molar-refractivity contribution >= 4 is 28.6 Å². The van der Waals surface area contributed by atoms with Crippen molar-refractivity contribution in [2.75, 3.05) is 7.11 Å². The summed E-state index contributed by atoms with van der Waals surface area (Å²) >= 11 is 1.49. The van der Waals surface area contributed by atoms with E-state index >= 15 is 0 Å². The lowest BCUT2D eigenvalue weighted by atomic mass is 10.2. The van der Waals surface area contributed by atoms with Crippen molar-refractivity contribution in [3.63, 3.8) is 0 Å². The fraction of sp³-hybridized carbons (Fsp3) is 0.250. The van der Waals surface area contributed by atoms with Gasteiger partial charge in [0.15, 0.2) is 5.69 Å². The number of hydrogen-bond acceptors (Lipinski definition) is 3. The SMILES string of the molecule is COC(=O)c1nccc(I)c1C(F)(F)F. The Kier molecular flexibility index (Phi) is 3.53. The van der Waals surface area contributed by atoms with Crippen LogP contribution < -0.4 is 0 Å². The minimum atomic E-state index is -4.62. The molecule has 0 N–H and O–H groups in total. The second kappa shape index (κ2) is 4.33. The number of hydrogen-bond donors (Lipinski definition) is 0. The Morgan fingerprint density at radius 2 is 2.13 bits per heavy atom. The van der Waals surface area contributed by atoms with Gasteiger partial charge in [-0.25, -0.2) is 9.78 Å². The Morgan fingerprint density at radius 3 is 2.60 bits per heavy atom. The van der Waals surface area contributed by atoms with E-state index in [0.717, 1.165) is 13.3 Å². The molecule has 0 aliphatic carbocycles. The summed E-state index contributed by atoms with van der Waals surface area (Å²) in [5.74, 6) is -1.10. The molecule has 0 saturated heterocycles. The first kappa shape index (κ1) is 12.2. The van der Waals surface area contributed by atoms with Crippen LogP contribution in [0.4, 0.5) is 13.2 Å². The maximum absolute atomic E-state index is 12.6. The van der Waals surface area contributed by atoms with Gasteiger partial charge in [0.05, 0.1) is 7.11 Å². The van der Waals surface area contributed by atoms with Gasteiger partial charge in [-0.15, -0.1) is 0 Å². The van der Waals surface area contributed by atoms with E-state index < -0.39 is 23.4 Å². The molecular formula is C8H5F3INO2. The van der Waals surface area contributed by atoms with Gasteiger partial charge in [-0.2, -0.15) is 13.2 Å². The highest BCUT2D eigenvalue weighted by Gasteiger charge is 2.38. The number of pyridine rings is 1. The molecule has 7 heteroatoms. The first-order valence-electron chi connectivity index (χ1n) is 3.68. The second-order valence-corrected chi connectivity index (χ2v) is 3.67. The number of ether oxygens (including phenoxy) is 1. The molecule has 0 fully saturated rings. The molecule has 1 heterocycles. The monoisotopic (exact) mass is 331 g/mol. The third kappa shape index (κ3) is 2.58. The van der Waals surface area contributed by atoms with E-state index in [1.165, 1.54) is 28.7 Å². The molecule has 15 heavy (non-hydrogen) atoms. The third-order valence-electron chi connectivity index (χ3n) is 1.56. The number of methoxy groups -OCH3 is 1. The van der Waals surface area contributed by atoms with E-state index in [9.17, 15) is 18.0 Å². The smallest absolute Gasteiger partial charge is 0.419 e. The van der Waals surface area contributed by atoms with Crippen LogP contribution in [0.25, 0.3) is 0 Å². The van der Waals surface area contributed by atoms with Crippen molar-refractivity contribution in [2.24, 2.45) is 0 Å². The normalized spacial score (nSPS) is 11.3. The Hall–Kier alpha value is -0.860. The molecule has 0 spiro atoms. The first-order valence-corrected chi connectivity index (χ1v) is 4.75. The molecule has 1 aromatic heterocycles. The molecule has 0 aromatic carbocycles. The standard InChI is InChI=1S/C8H5F3INO2/c1-15-7(14)6-5(8(9,10)11)4(12)2-3-13-6/h2-3H,1H3. The lowest BCUT2D eigenvalue weighted by Crippen LogP contribution is -2.17. The van der Waals surface area contributed by atoms with Crippen LogP contribution >= 0.6 is 22.6 Å². The Labute approximate surface area is 96.8 Å². The van der Waals surface area contributed by atoms with Crippen LogP contribution in [0, 0.1) is 3.57 Å². The molecule has 0 bridgehead atoms. The molecule has 0 saturated carbocycles. The number of halogens is 4. The Balaban J connectivity index is 3.40. The van der Waals surface area contributed by atoms with Crippen molar-refractivity contribution in [2.45, 2.75) is 6.18 Å². The summed E-state index contributed by atoms with van der Waals surface area (Å²) < 4.78 is 41.8. The predicted octanol–water partition coefficient (Wildman–Crippen LogP) is 2.49. The molecule has 0 aliphatic rings. The number of carbonyl (C=O) groups is 1. The van der Waals surface area contributed by atoms with E-state index in [1.807, 2.05) is 0 Å². The second-order valence-electron chi connectivity index (χ2n) is 2.51. The Morgan fingerprint density at radius 1 is 1.53 bits per heavy atom. The molecule has 3 nitrogen and oxygen atoms in total. The van der Waals surface area contributed by atoms with Gasteiger partial charge in [0.25, 0.3) is 0 Å². The number of esters is 1. The molecular weight excluding hydrogens is 326 g/mol. The van der Waals surface area contributed by atoms with Gasteiger partial charge < -0.3 is 4.74 Å². The van der Waals surface area contributed by atoms with Gasteiger partial charge in [-0.05, 0) is 28.7 Å². The van der Waals surface area contributed by atoms with E-state index in [1.54, 1.807) is 0 Å². The summed E-state index contributed by atoms with van der Waals surface area (Å²) in [6, 6.07) is 1.18. The molecule has 0 atom stereocenters. The van der Waals surface area contributed by atoms with Crippen LogP contribution in [-0.2, 0) is 10.9 Å². The molecule has 0 aliphatic heterocycles. The first-order chi connectivity index (χ1) is 6.88. The summed E-state index contributed by atoms with van der Waals surface area (Å²) in [6.07, 6.45) is -3.49.